The molecule has 6 nitrogen and oxygen atoms in total. The van der Waals surface area contributed by atoms with Crippen LogP contribution in [0, 0.1) is 0 Å². The first-order chi connectivity index (χ1) is 10.7. The highest BCUT2D eigenvalue weighted by Gasteiger charge is 2.14. The fourth-order valence-electron chi connectivity index (χ4n) is 1.96. The summed E-state index contributed by atoms with van der Waals surface area (Å²) in [6.07, 6.45) is 1.45. The Morgan fingerprint density at radius 1 is 1.36 bits per heavy atom. The van der Waals surface area contributed by atoms with Crippen LogP contribution in [0.4, 0.5) is 0 Å². The van der Waals surface area contributed by atoms with Gasteiger partial charge in [-0.25, -0.2) is 4.68 Å². The number of benzene rings is 1. The minimum Gasteiger partial charge on any atom is -0.352 e. The van der Waals surface area contributed by atoms with Crippen molar-refractivity contribution in [2.45, 2.75) is 37.3 Å². The van der Waals surface area contributed by atoms with Crippen LogP contribution in [0.5, 0.6) is 0 Å². The van der Waals surface area contributed by atoms with Crippen molar-refractivity contribution in [2.24, 2.45) is 7.05 Å². The highest BCUT2D eigenvalue weighted by molar-refractivity contribution is 7.99. The molecule has 0 radical (unpaired) electrons. The van der Waals surface area contributed by atoms with Gasteiger partial charge in [-0.05, 0) is 22.4 Å². The van der Waals surface area contributed by atoms with Crippen LogP contribution >= 0.6 is 11.8 Å². The lowest BCUT2D eigenvalue weighted by molar-refractivity contribution is -0.121. The van der Waals surface area contributed by atoms with Crippen LogP contribution in [-0.2, 0) is 24.1 Å². The van der Waals surface area contributed by atoms with Gasteiger partial charge in [0.1, 0.15) is 0 Å². The number of nitrogens with one attached hydrogen (secondary N) is 1. The van der Waals surface area contributed by atoms with Crippen molar-refractivity contribution in [3.63, 3.8) is 0 Å². The van der Waals surface area contributed by atoms with Gasteiger partial charge in [0, 0.05) is 25.3 Å². The molecule has 2 rings (SSSR count). The Kier molecular flexibility index (Phi) is 6.39. The van der Waals surface area contributed by atoms with Crippen molar-refractivity contribution in [2.75, 3.05) is 0 Å². The van der Waals surface area contributed by atoms with Crippen molar-refractivity contribution in [1.29, 1.82) is 0 Å². The van der Waals surface area contributed by atoms with E-state index in [4.69, 9.17) is 0 Å². The van der Waals surface area contributed by atoms with E-state index in [0.29, 0.717) is 18.7 Å². The summed E-state index contributed by atoms with van der Waals surface area (Å²) in [5, 5.41) is 14.6. The zero-order valence-corrected chi connectivity index (χ0v) is 13.7. The molecule has 1 atom stereocenters. The predicted molar refractivity (Wildman–Crippen MR) is 87.1 cm³/mol. The number of aryl methyl sites for hydroxylation is 1. The third kappa shape index (κ3) is 5.14. The van der Waals surface area contributed by atoms with Gasteiger partial charge in [0.15, 0.2) is 5.82 Å². The fourth-order valence-corrected chi connectivity index (χ4v) is 3.09. The quantitative estimate of drug-likeness (QED) is 0.805. The first kappa shape index (κ1) is 16.5. The summed E-state index contributed by atoms with van der Waals surface area (Å²) in [7, 11) is 1.82. The number of aromatic nitrogens is 4. The van der Waals surface area contributed by atoms with Crippen molar-refractivity contribution in [3.8, 4) is 0 Å². The summed E-state index contributed by atoms with van der Waals surface area (Å²) < 4.78 is 1.66. The summed E-state index contributed by atoms with van der Waals surface area (Å²) >= 11 is 1.72. The maximum atomic E-state index is 12.0. The Bertz CT molecular complexity index is 587. The van der Waals surface area contributed by atoms with Crippen molar-refractivity contribution in [1.82, 2.24) is 25.5 Å². The Balaban J connectivity index is 1.74. The summed E-state index contributed by atoms with van der Waals surface area (Å²) in [5.41, 5.74) is 1.11. The zero-order valence-electron chi connectivity index (χ0n) is 12.9. The van der Waals surface area contributed by atoms with Crippen LogP contribution < -0.4 is 5.32 Å². The predicted octanol–water partition coefficient (Wildman–Crippen LogP) is 1.93. The van der Waals surface area contributed by atoms with Gasteiger partial charge in [-0.1, -0.05) is 37.3 Å². The summed E-state index contributed by atoms with van der Waals surface area (Å²) in [5.74, 6) is 1.63. The maximum Gasteiger partial charge on any atom is 0.221 e. The van der Waals surface area contributed by atoms with E-state index in [0.717, 1.165) is 17.8 Å². The first-order valence-electron chi connectivity index (χ1n) is 7.32. The number of hydrogen-bond donors (Lipinski definition) is 1. The molecule has 0 aliphatic heterocycles. The molecule has 1 N–H and O–H groups in total. The maximum absolute atomic E-state index is 12.0. The zero-order chi connectivity index (χ0) is 15.8. The fraction of sp³-hybridized carbons (Fsp3) is 0.467. The molecule has 22 heavy (non-hydrogen) atoms. The molecule has 7 heteroatoms. The van der Waals surface area contributed by atoms with Gasteiger partial charge >= 0.3 is 0 Å². The second-order valence-corrected chi connectivity index (χ2v) is 6.32. The van der Waals surface area contributed by atoms with Gasteiger partial charge < -0.3 is 5.32 Å². The number of nitrogens with zero attached hydrogens (tertiary/aromatic N) is 4. The molecule has 0 aliphatic carbocycles. The molecule has 1 unspecified atom stereocenters. The van der Waals surface area contributed by atoms with Gasteiger partial charge in [0.05, 0.1) is 5.75 Å². The molecule has 1 heterocycles. The number of rotatable bonds is 8. The molecule has 1 aromatic carbocycles. The number of carbonyl (C=O) groups excluding carboxylic acids is 1. The molecule has 0 bridgehead atoms. The second-order valence-electron chi connectivity index (χ2n) is 5.03. The lowest BCUT2D eigenvalue weighted by Gasteiger charge is -2.14. The van der Waals surface area contributed by atoms with E-state index in [1.807, 2.05) is 37.4 Å². The number of thioether (sulfide) groups is 1. The van der Waals surface area contributed by atoms with E-state index in [2.05, 4.69) is 27.8 Å². The first-order valence-corrected chi connectivity index (χ1v) is 8.37. The normalized spacial score (nSPS) is 12.1. The smallest absolute Gasteiger partial charge is 0.221 e. The number of hydrogen-bond acceptors (Lipinski definition) is 5. The van der Waals surface area contributed by atoms with E-state index >= 15 is 0 Å². The Hall–Kier alpha value is -1.89. The lowest BCUT2D eigenvalue weighted by Crippen LogP contribution is -2.26. The van der Waals surface area contributed by atoms with Crippen LogP contribution in [-0.4, -0.2) is 31.4 Å². The molecular weight excluding hydrogens is 298 g/mol. The Morgan fingerprint density at radius 3 is 2.77 bits per heavy atom. The molecule has 2 aromatic rings. The highest BCUT2D eigenvalue weighted by Crippen LogP contribution is 2.21. The van der Waals surface area contributed by atoms with Crippen molar-refractivity contribution >= 4 is 17.7 Å². The second kappa shape index (κ2) is 8.53. The van der Waals surface area contributed by atoms with Crippen LogP contribution in [0.1, 0.15) is 31.2 Å². The van der Waals surface area contributed by atoms with Crippen molar-refractivity contribution in [3.05, 3.63) is 41.7 Å². The van der Waals surface area contributed by atoms with E-state index in [9.17, 15) is 4.79 Å². The summed E-state index contributed by atoms with van der Waals surface area (Å²) in [6, 6.07) is 9.93. The Labute approximate surface area is 134 Å². The average Bonchev–Trinajstić information content (AvgIpc) is 2.95. The molecule has 0 saturated carbocycles. The van der Waals surface area contributed by atoms with Crippen LogP contribution in [0.2, 0.25) is 0 Å². The standard InChI is InChI=1S/C15H21N5OS/c1-3-13(22-11-14-17-18-19-20(14)2)9-15(21)16-10-12-7-5-4-6-8-12/h4-8,13H,3,9-11H2,1-2H3,(H,16,21). The third-order valence-corrected chi connectivity index (χ3v) is 4.75. The lowest BCUT2D eigenvalue weighted by atomic mass is 10.2. The average molecular weight is 319 g/mol. The van der Waals surface area contributed by atoms with Gasteiger partial charge in [-0.15, -0.1) is 16.9 Å². The molecule has 0 fully saturated rings. The third-order valence-electron chi connectivity index (χ3n) is 3.36. The molecule has 0 aliphatic rings. The highest BCUT2D eigenvalue weighted by atomic mass is 32.2. The van der Waals surface area contributed by atoms with Crippen LogP contribution in [0.25, 0.3) is 0 Å². The minimum atomic E-state index is 0.0827. The van der Waals surface area contributed by atoms with Gasteiger partial charge in [-0.2, -0.15) is 0 Å². The molecule has 0 spiro atoms. The minimum absolute atomic E-state index is 0.0827. The Morgan fingerprint density at radius 2 is 2.14 bits per heavy atom. The molecule has 1 aromatic heterocycles. The number of tetrazole rings is 1. The number of carbonyl (C=O) groups is 1. The summed E-state index contributed by atoms with van der Waals surface area (Å²) in [6.45, 7) is 2.67. The monoisotopic (exact) mass is 319 g/mol. The van der Waals surface area contributed by atoms with Crippen molar-refractivity contribution < 1.29 is 4.79 Å². The topological polar surface area (TPSA) is 72.7 Å². The van der Waals surface area contributed by atoms with E-state index in [1.165, 1.54) is 0 Å². The van der Waals surface area contributed by atoms with E-state index in [1.54, 1.807) is 16.4 Å². The van der Waals surface area contributed by atoms with Crippen LogP contribution in [0.15, 0.2) is 30.3 Å². The van der Waals surface area contributed by atoms with Gasteiger partial charge in [0.2, 0.25) is 5.91 Å². The SMILES string of the molecule is CCC(CC(=O)NCc1ccccc1)SCc1nnnn1C. The van der Waals surface area contributed by atoms with E-state index < -0.39 is 0 Å². The van der Waals surface area contributed by atoms with Gasteiger partial charge in [-0.3, -0.25) is 4.79 Å². The molecule has 0 saturated heterocycles. The largest absolute Gasteiger partial charge is 0.352 e. The summed E-state index contributed by atoms with van der Waals surface area (Å²) in [4.78, 5) is 12.0. The van der Waals surface area contributed by atoms with Crippen LogP contribution in [0.3, 0.4) is 0 Å². The molecule has 1 amide bonds. The molecule has 118 valence electrons. The van der Waals surface area contributed by atoms with E-state index in [-0.39, 0.29) is 11.2 Å². The van der Waals surface area contributed by atoms with Gasteiger partial charge in [0.25, 0.3) is 0 Å². The number of amides is 1. The molecular formula is C15H21N5OS.